The largest absolute Gasteiger partial charge is 0.381 e. The molecule has 14 heavy (non-hydrogen) atoms. The molecular formula is C10H22N2OS. The first-order chi connectivity index (χ1) is 6.66. The molecule has 0 saturated carbocycles. The molecule has 0 aromatic heterocycles. The second kappa shape index (κ2) is 9.21. The second-order valence-corrected chi connectivity index (χ2v) is 4.02. The zero-order valence-corrected chi connectivity index (χ0v) is 10.2. The van der Waals surface area contributed by atoms with Gasteiger partial charge < -0.3 is 15.4 Å². The van der Waals surface area contributed by atoms with Crippen LogP contribution in [0, 0.1) is 5.92 Å². The van der Waals surface area contributed by atoms with Gasteiger partial charge in [-0.05, 0) is 31.5 Å². The van der Waals surface area contributed by atoms with E-state index in [1.54, 1.807) is 0 Å². The molecule has 0 aliphatic heterocycles. The smallest absolute Gasteiger partial charge is 0.166 e. The van der Waals surface area contributed by atoms with Crippen molar-refractivity contribution >= 4 is 17.3 Å². The van der Waals surface area contributed by atoms with Crippen molar-refractivity contribution in [2.45, 2.75) is 27.2 Å². The highest BCUT2D eigenvalue weighted by Gasteiger charge is 1.94. The van der Waals surface area contributed by atoms with Gasteiger partial charge >= 0.3 is 0 Å². The number of nitrogens with one attached hydrogen (secondary N) is 2. The Morgan fingerprint density at radius 2 is 2.07 bits per heavy atom. The lowest BCUT2D eigenvalue weighted by atomic mass is 10.2. The molecule has 0 aromatic rings. The molecule has 0 bridgehead atoms. The van der Waals surface area contributed by atoms with Gasteiger partial charge in [-0.2, -0.15) is 0 Å². The van der Waals surface area contributed by atoms with Gasteiger partial charge in [0.2, 0.25) is 0 Å². The molecule has 0 atom stereocenters. The van der Waals surface area contributed by atoms with Crippen LogP contribution in [-0.4, -0.2) is 31.4 Å². The van der Waals surface area contributed by atoms with Crippen LogP contribution >= 0.6 is 12.2 Å². The molecule has 0 aromatic carbocycles. The van der Waals surface area contributed by atoms with Crippen molar-refractivity contribution in [2.24, 2.45) is 5.92 Å². The second-order valence-electron chi connectivity index (χ2n) is 3.61. The Morgan fingerprint density at radius 1 is 1.36 bits per heavy atom. The molecule has 0 rings (SSSR count). The third-order valence-corrected chi connectivity index (χ3v) is 1.83. The summed E-state index contributed by atoms with van der Waals surface area (Å²) in [6.45, 7) is 9.73. The number of rotatable bonds is 7. The van der Waals surface area contributed by atoms with E-state index in [4.69, 9.17) is 17.0 Å². The van der Waals surface area contributed by atoms with Gasteiger partial charge in [-0.3, -0.25) is 0 Å². The first-order valence-corrected chi connectivity index (χ1v) is 5.67. The fraction of sp³-hybridized carbons (Fsp3) is 0.900. The zero-order valence-electron chi connectivity index (χ0n) is 9.43. The lowest BCUT2D eigenvalue weighted by Crippen LogP contribution is -2.35. The minimum atomic E-state index is 0.616. The molecule has 3 nitrogen and oxygen atoms in total. The van der Waals surface area contributed by atoms with Gasteiger partial charge in [-0.15, -0.1) is 0 Å². The van der Waals surface area contributed by atoms with Crippen molar-refractivity contribution in [1.82, 2.24) is 10.6 Å². The van der Waals surface area contributed by atoms with E-state index in [2.05, 4.69) is 24.5 Å². The Labute approximate surface area is 92.6 Å². The van der Waals surface area contributed by atoms with Gasteiger partial charge in [0, 0.05) is 26.3 Å². The third-order valence-electron chi connectivity index (χ3n) is 1.54. The summed E-state index contributed by atoms with van der Waals surface area (Å²) < 4.78 is 5.43. The van der Waals surface area contributed by atoms with E-state index < -0.39 is 0 Å². The lowest BCUT2D eigenvalue weighted by Gasteiger charge is -2.09. The molecule has 0 radical (unpaired) electrons. The van der Waals surface area contributed by atoms with Gasteiger partial charge in [-0.1, -0.05) is 13.8 Å². The van der Waals surface area contributed by atoms with Crippen molar-refractivity contribution in [1.29, 1.82) is 0 Å². The molecule has 4 heteroatoms. The highest BCUT2D eigenvalue weighted by atomic mass is 32.1. The Morgan fingerprint density at radius 3 is 2.64 bits per heavy atom. The first-order valence-electron chi connectivity index (χ1n) is 5.26. The maximum atomic E-state index is 5.43. The highest BCUT2D eigenvalue weighted by Crippen LogP contribution is 1.92. The van der Waals surface area contributed by atoms with Crippen LogP contribution in [-0.2, 0) is 4.74 Å². The summed E-state index contributed by atoms with van der Waals surface area (Å²) in [6.07, 6.45) is 0.998. The zero-order chi connectivity index (χ0) is 10.8. The Balaban J connectivity index is 3.09. The van der Waals surface area contributed by atoms with Crippen LogP contribution in [0.5, 0.6) is 0 Å². The quantitative estimate of drug-likeness (QED) is 0.501. The summed E-state index contributed by atoms with van der Waals surface area (Å²) in [5.41, 5.74) is 0. The van der Waals surface area contributed by atoms with Crippen molar-refractivity contribution in [2.75, 3.05) is 26.3 Å². The van der Waals surface area contributed by atoms with E-state index in [1.165, 1.54) is 0 Å². The van der Waals surface area contributed by atoms with Crippen molar-refractivity contribution < 1.29 is 4.74 Å². The van der Waals surface area contributed by atoms with Crippen LogP contribution in [0.2, 0.25) is 0 Å². The van der Waals surface area contributed by atoms with Crippen molar-refractivity contribution in [3.8, 4) is 0 Å². The maximum Gasteiger partial charge on any atom is 0.166 e. The van der Waals surface area contributed by atoms with Crippen LogP contribution < -0.4 is 10.6 Å². The van der Waals surface area contributed by atoms with Crippen LogP contribution in [0.1, 0.15) is 27.2 Å². The number of ether oxygens (including phenoxy) is 1. The van der Waals surface area contributed by atoms with E-state index in [9.17, 15) is 0 Å². The van der Waals surface area contributed by atoms with Crippen molar-refractivity contribution in [3.05, 3.63) is 0 Å². The van der Waals surface area contributed by atoms with Crippen LogP contribution in [0.3, 0.4) is 0 Å². The third kappa shape index (κ3) is 9.74. The standard InChI is InChI=1S/C10H22N2OS/c1-4-11-10(14)12-6-5-7-13-8-9(2)3/h9H,4-8H2,1-3H3,(H2,11,12,14). The normalized spacial score (nSPS) is 10.3. The molecule has 0 saturated heterocycles. The SMILES string of the molecule is CCNC(=S)NCCCOCC(C)C. The number of thiocarbonyl (C=S) groups is 1. The fourth-order valence-electron chi connectivity index (χ4n) is 0.918. The molecule has 0 fully saturated rings. The van der Waals surface area contributed by atoms with Gasteiger partial charge in [0.15, 0.2) is 5.11 Å². The summed E-state index contributed by atoms with van der Waals surface area (Å²) in [7, 11) is 0. The van der Waals surface area contributed by atoms with E-state index in [1.807, 2.05) is 6.92 Å². The molecule has 0 aliphatic rings. The number of hydrogen-bond donors (Lipinski definition) is 2. The lowest BCUT2D eigenvalue weighted by molar-refractivity contribution is 0.108. The minimum Gasteiger partial charge on any atom is -0.381 e. The molecule has 0 aliphatic carbocycles. The monoisotopic (exact) mass is 218 g/mol. The summed E-state index contributed by atoms with van der Waals surface area (Å²) >= 11 is 5.01. The summed E-state index contributed by atoms with van der Waals surface area (Å²) in [5, 5.41) is 6.88. The minimum absolute atomic E-state index is 0.616. The van der Waals surface area contributed by atoms with Gasteiger partial charge in [-0.25, -0.2) is 0 Å². The first kappa shape index (κ1) is 13.7. The Kier molecular flexibility index (Phi) is 8.98. The van der Waals surface area contributed by atoms with E-state index >= 15 is 0 Å². The molecule has 0 unspecified atom stereocenters. The van der Waals surface area contributed by atoms with Crippen LogP contribution in [0.4, 0.5) is 0 Å². The van der Waals surface area contributed by atoms with Gasteiger partial charge in [0.05, 0.1) is 0 Å². The molecule has 84 valence electrons. The van der Waals surface area contributed by atoms with E-state index in [0.29, 0.717) is 5.92 Å². The fourth-order valence-corrected chi connectivity index (χ4v) is 1.16. The van der Waals surface area contributed by atoms with Crippen LogP contribution in [0.15, 0.2) is 0 Å². The number of hydrogen-bond acceptors (Lipinski definition) is 2. The average Bonchev–Trinajstić information content (AvgIpc) is 2.11. The summed E-state index contributed by atoms with van der Waals surface area (Å²) in [6, 6.07) is 0. The van der Waals surface area contributed by atoms with Gasteiger partial charge in [0.1, 0.15) is 0 Å². The highest BCUT2D eigenvalue weighted by molar-refractivity contribution is 7.80. The van der Waals surface area contributed by atoms with Crippen molar-refractivity contribution in [3.63, 3.8) is 0 Å². The predicted molar refractivity (Wildman–Crippen MR) is 64.6 cm³/mol. The van der Waals surface area contributed by atoms with Gasteiger partial charge in [0.25, 0.3) is 0 Å². The van der Waals surface area contributed by atoms with E-state index in [-0.39, 0.29) is 0 Å². The molecule has 2 N–H and O–H groups in total. The molecule has 0 heterocycles. The topological polar surface area (TPSA) is 33.3 Å². The van der Waals surface area contributed by atoms with Crippen LogP contribution in [0.25, 0.3) is 0 Å². The molecule has 0 amide bonds. The van der Waals surface area contributed by atoms with E-state index in [0.717, 1.165) is 37.8 Å². The Hall–Kier alpha value is -0.350. The maximum absolute atomic E-state index is 5.43. The summed E-state index contributed by atoms with van der Waals surface area (Å²) in [4.78, 5) is 0. The Bertz CT molecular complexity index is 151. The molecule has 0 spiro atoms. The molecular weight excluding hydrogens is 196 g/mol. The average molecular weight is 218 g/mol. The summed E-state index contributed by atoms with van der Waals surface area (Å²) in [5.74, 6) is 0.616. The predicted octanol–water partition coefficient (Wildman–Crippen LogP) is 1.53.